The molecule has 0 aliphatic heterocycles. The number of nitrogens with one attached hydrogen (secondary N) is 1. The molecule has 1 aromatic heterocycles. The number of aromatic nitrogens is 2. The van der Waals surface area contributed by atoms with Gasteiger partial charge in [-0.3, -0.25) is 0 Å². The Morgan fingerprint density at radius 2 is 1.90 bits per heavy atom. The number of ether oxygens (including phenoxy) is 1. The minimum absolute atomic E-state index is 0.341. The van der Waals surface area contributed by atoms with Gasteiger partial charge in [-0.25, -0.2) is 4.98 Å². The van der Waals surface area contributed by atoms with Crippen molar-refractivity contribution in [1.82, 2.24) is 9.97 Å². The Morgan fingerprint density at radius 3 is 2.52 bits per heavy atom. The lowest BCUT2D eigenvalue weighted by Gasteiger charge is -2.40. The zero-order valence-corrected chi connectivity index (χ0v) is 13.6. The molecule has 0 atom stereocenters. The summed E-state index contributed by atoms with van der Waals surface area (Å²) in [5, 5.41) is 13.8. The van der Waals surface area contributed by atoms with E-state index in [-0.39, 0.29) is 0 Å². The smallest absolute Gasteiger partial charge is 0.226 e. The van der Waals surface area contributed by atoms with Gasteiger partial charge in [-0.15, -0.1) is 0 Å². The molecule has 21 heavy (non-hydrogen) atoms. The van der Waals surface area contributed by atoms with E-state index in [1.165, 1.54) is 0 Å². The van der Waals surface area contributed by atoms with E-state index in [9.17, 15) is 5.11 Å². The topological polar surface area (TPSA) is 67.3 Å². The van der Waals surface area contributed by atoms with Gasteiger partial charge in [-0.2, -0.15) is 4.98 Å². The Morgan fingerprint density at radius 1 is 1.24 bits per heavy atom. The zero-order valence-electron chi connectivity index (χ0n) is 13.6. The van der Waals surface area contributed by atoms with Gasteiger partial charge in [-0.1, -0.05) is 13.8 Å². The Kier molecular flexibility index (Phi) is 4.71. The summed E-state index contributed by atoms with van der Waals surface area (Å²) in [7, 11) is 0. The number of aliphatic hydroxyl groups is 1. The highest BCUT2D eigenvalue weighted by molar-refractivity contribution is 5.31. The van der Waals surface area contributed by atoms with Crippen molar-refractivity contribution >= 4 is 5.95 Å². The van der Waals surface area contributed by atoms with Crippen LogP contribution < -0.4 is 10.1 Å². The van der Waals surface area contributed by atoms with Crippen molar-refractivity contribution in [2.24, 2.45) is 5.41 Å². The summed E-state index contributed by atoms with van der Waals surface area (Å²) in [5.74, 6) is 1.10. The van der Waals surface area contributed by atoms with Crippen LogP contribution in [0.15, 0.2) is 6.07 Å². The lowest BCUT2D eigenvalue weighted by atomic mass is 9.71. The van der Waals surface area contributed by atoms with Crippen LogP contribution >= 0.6 is 0 Å². The third kappa shape index (κ3) is 4.56. The maximum absolute atomic E-state index is 10.7. The van der Waals surface area contributed by atoms with Crippen LogP contribution in [0.1, 0.15) is 52.1 Å². The van der Waals surface area contributed by atoms with Gasteiger partial charge in [0.2, 0.25) is 11.8 Å². The van der Waals surface area contributed by atoms with Crippen molar-refractivity contribution in [2.75, 3.05) is 18.5 Å². The van der Waals surface area contributed by atoms with E-state index in [0.29, 0.717) is 30.4 Å². The van der Waals surface area contributed by atoms with E-state index in [1.807, 2.05) is 19.9 Å². The van der Waals surface area contributed by atoms with Crippen molar-refractivity contribution in [3.63, 3.8) is 0 Å². The van der Waals surface area contributed by atoms with E-state index in [2.05, 4.69) is 29.1 Å². The highest BCUT2D eigenvalue weighted by Gasteiger charge is 2.36. The first-order chi connectivity index (χ1) is 9.82. The van der Waals surface area contributed by atoms with Crippen LogP contribution in [0.3, 0.4) is 0 Å². The van der Waals surface area contributed by atoms with Crippen molar-refractivity contribution in [3.05, 3.63) is 11.8 Å². The van der Waals surface area contributed by atoms with Gasteiger partial charge in [0.15, 0.2) is 0 Å². The predicted molar refractivity (Wildman–Crippen MR) is 83.6 cm³/mol. The Hall–Kier alpha value is -1.36. The molecule has 2 N–H and O–H groups in total. The van der Waals surface area contributed by atoms with Gasteiger partial charge in [0.05, 0.1) is 12.2 Å². The zero-order chi connectivity index (χ0) is 15.5. The highest BCUT2D eigenvalue weighted by atomic mass is 16.5. The fourth-order valence-corrected chi connectivity index (χ4v) is 2.65. The van der Waals surface area contributed by atoms with Crippen LogP contribution in [0.5, 0.6) is 5.88 Å². The van der Waals surface area contributed by atoms with Gasteiger partial charge < -0.3 is 15.2 Å². The lowest BCUT2D eigenvalue weighted by Crippen LogP contribution is -2.42. The normalized spacial score (nSPS) is 20.0. The van der Waals surface area contributed by atoms with E-state index in [1.54, 1.807) is 0 Å². The fourth-order valence-electron chi connectivity index (χ4n) is 2.65. The van der Waals surface area contributed by atoms with Gasteiger partial charge in [0.25, 0.3) is 0 Å². The number of rotatable bonds is 5. The van der Waals surface area contributed by atoms with Crippen molar-refractivity contribution in [2.45, 2.75) is 59.0 Å². The second-order valence-corrected chi connectivity index (χ2v) is 6.85. The number of aryl methyl sites for hydroxylation is 1. The fraction of sp³-hybridized carbons (Fsp3) is 0.750. The number of nitrogens with zero attached hydrogens (tertiary/aromatic N) is 2. The number of hydrogen-bond acceptors (Lipinski definition) is 5. The van der Waals surface area contributed by atoms with E-state index in [4.69, 9.17) is 4.74 Å². The molecule has 0 unspecified atom stereocenters. The summed E-state index contributed by atoms with van der Waals surface area (Å²) < 4.78 is 5.42. The standard InChI is InChI=1S/C16H27N3O2/c1-5-21-13-10-12(2)18-14(19-13)17-11-16(20)8-6-15(3,4)7-9-16/h10,20H,5-9,11H2,1-4H3,(H,17,18,19). The first-order valence-electron chi connectivity index (χ1n) is 7.77. The minimum atomic E-state index is -0.658. The molecule has 0 aromatic carbocycles. The SMILES string of the molecule is CCOc1cc(C)nc(NCC2(O)CCC(C)(C)CC2)n1. The average Bonchev–Trinajstić information content (AvgIpc) is 2.41. The first-order valence-corrected chi connectivity index (χ1v) is 7.77. The van der Waals surface area contributed by atoms with Crippen LogP contribution in [0.25, 0.3) is 0 Å². The molecule has 1 fully saturated rings. The van der Waals surface area contributed by atoms with Crippen molar-refractivity contribution in [1.29, 1.82) is 0 Å². The second-order valence-electron chi connectivity index (χ2n) is 6.85. The van der Waals surface area contributed by atoms with Gasteiger partial charge in [0, 0.05) is 18.3 Å². The third-order valence-electron chi connectivity index (χ3n) is 4.23. The van der Waals surface area contributed by atoms with Crippen LogP contribution in [0.2, 0.25) is 0 Å². The Labute approximate surface area is 127 Å². The molecule has 2 rings (SSSR count). The molecule has 0 amide bonds. The molecule has 0 saturated heterocycles. The molecule has 1 aliphatic carbocycles. The first kappa shape index (κ1) is 16.0. The number of hydrogen-bond donors (Lipinski definition) is 2. The third-order valence-corrected chi connectivity index (χ3v) is 4.23. The molecule has 0 spiro atoms. The van der Waals surface area contributed by atoms with Crippen molar-refractivity contribution < 1.29 is 9.84 Å². The molecule has 1 heterocycles. The molecule has 1 aliphatic rings. The van der Waals surface area contributed by atoms with E-state index >= 15 is 0 Å². The second kappa shape index (κ2) is 6.18. The minimum Gasteiger partial charge on any atom is -0.478 e. The average molecular weight is 293 g/mol. The van der Waals surface area contributed by atoms with Gasteiger partial charge in [0.1, 0.15) is 0 Å². The summed E-state index contributed by atoms with van der Waals surface area (Å²) >= 11 is 0. The van der Waals surface area contributed by atoms with Crippen LogP contribution in [-0.2, 0) is 0 Å². The van der Waals surface area contributed by atoms with Crippen LogP contribution in [-0.4, -0.2) is 33.8 Å². The quantitative estimate of drug-likeness (QED) is 0.873. The molecule has 118 valence electrons. The van der Waals surface area contributed by atoms with E-state index < -0.39 is 5.60 Å². The summed E-state index contributed by atoms with van der Waals surface area (Å²) in [6.07, 6.45) is 3.72. The monoisotopic (exact) mass is 293 g/mol. The van der Waals surface area contributed by atoms with Crippen LogP contribution in [0, 0.1) is 12.3 Å². The molecular weight excluding hydrogens is 266 g/mol. The van der Waals surface area contributed by atoms with E-state index in [0.717, 1.165) is 31.4 Å². The summed E-state index contributed by atoms with van der Waals surface area (Å²) in [6, 6.07) is 1.81. The molecular formula is C16H27N3O2. The summed E-state index contributed by atoms with van der Waals surface area (Å²) in [5.41, 5.74) is 0.538. The molecule has 5 nitrogen and oxygen atoms in total. The summed E-state index contributed by atoms with van der Waals surface area (Å²) in [6.45, 7) is 9.42. The van der Waals surface area contributed by atoms with Gasteiger partial charge >= 0.3 is 0 Å². The largest absolute Gasteiger partial charge is 0.478 e. The molecule has 1 aromatic rings. The molecule has 1 saturated carbocycles. The molecule has 5 heteroatoms. The van der Waals surface area contributed by atoms with Gasteiger partial charge in [-0.05, 0) is 44.9 Å². The highest BCUT2D eigenvalue weighted by Crippen LogP contribution is 2.40. The number of anilines is 1. The molecule has 0 bridgehead atoms. The predicted octanol–water partition coefficient (Wildman–Crippen LogP) is 2.93. The maximum Gasteiger partial charge on any atom is 0.226 e. The van der Waals surface area contributed by atoms with Crippen LogP contribution in [0.4, 0.5) is 5.95 Å². The summed E-state index contributed by atoms with van der Waals surface area (Å²) in [4.78, 5) is 8.66. The maximum atomic E-state index is 10.7. The lowest BCUT2D eigenvalue weighted by molar-refractivity contribution is -0.0146. The Balaban J connectivity index is 1.96. The van der Waals surface area contributed by atoms with Crippen molar-refractivity contribution in [3.8, 4) is 5.88 Å². The molecule has 0 radical (unpaired) electrons. The Bertz CT molecular complexity index is 478.